The minimum Gasteiger partial charge on any atom is -0.324 e. The summed E-state index contributed by atoms with van der Waals surface area (Å²) in [6.45, 7) is 2.21. The molecule has 1 spiro atoms. The second kappa shape index (κ2) is 6.84. The van der Waals surface area contributed by atoms with Gasteiger partial charge in [-0.05, 0) is 38.1 Å². The number of anilines is 1. The highest BCUT2D eigenvalue weighted by molar-refractivity contribution is 6.07. The molecule has 5 amide bonds. The van der Waals surface area contributed by atoms with Gasteiger partial charge in [-0.25, -0.2) is 9.59 Å². The van der Waals surface area contributed by atoms with E-state index in [4.69, 9.17) is 6.42 Å². The van der Waals surface area contributed by atoms with Gasteiger partial charge in [-0.1, -0.05) is 12.0 Å². The molecule has 0 radical (unpaired) electrons. The summed E-state index contributed by atoms with van der Waals surface area (Å²) in [5, 5.41) is 5.73. The van der Waals surface area contributed by atoms with Crippen molar-refractivity contribution in [1.29, 1.82) is 0 Å². The zero-order valence-corrected chi connectivity index (χ0v) is 15.8. The smallest absolute Gasteiger partial charge is 0.324 e. The Morgan fingerprint density at radius 2 is 2.00 bits per heavy atom. The van der Waals surface area contributed by atoms with Crippen LogP contribution in [0.5, 0.6) is 0 Å². The number of imide groups is 1. The van der Waals surface area contributed by atoms with Gasteiger partial charge in [0.2, 0.25) is 0 Å². The van der Waals surface area contributed by atoms with Gasteiger partial charge in [0.1, 0.15) is 5.54 Å². The second-order valence-corrected chi connectivity index (χ2v) is 7.70. The maximum Gasteiger partial charge on any atom is 0.325 e. The minimum atomic E-state index is -0.884. The molecule has 0 unspecified atom stereocenters. The Labute approximate surface area is 163 Å². The molecule has 0 aromatic heterocycles. The third-order valence-corrected chi connectivity index (χ3v) is 5.79. The van der Waals surface area contributed by atoms with E-state index >= 15 is 0 Å². The number of piperidine rings is 1. The Bertz CT molecular complexity index is 863. The molecule has 146 valence electrons. The summed E-state index contributed by atoms with van der Waals surface area (Å²) in [5.41, 5.74) is 0.438. The van der Waals surface area contributed by atoms with Crippen LogP contribution in [0.25, 0.3) is 0 Å². The number of benzene rings is 1. The first-order chi connectivity index (χ1) is 13.4. The highest BCUT2D eigenvalue weighted by atomic mass is 16.2. The maximum atomic E-state index is 13.0. The van der Waals surface area contributed by atoms with Crippen molar-refractivity contribution in [2.24, 2.45) is 0 Å². The van der Waals surface area contributed by atoms with Crippen molar-refractivity contribution in [3.05, 3.63) is 29.8 Å². The molecule has 3 aliphatic heterocycles. The molecule has 28 heavy (non-hydrogen) atoms. The number of likely N-dealkylation sites (tertiary alicyclic amines) is 2. The van der Waals surface area contributed by atoms with Crippen LogP contribution < -0.4 is 10.6 Å². The highest BCUT2D eigenvalue weighted by Crippen LogP contribution is 2.32. The van der Waals surface area contributed by atoms with Crippen LogP contribution in [-0.2, 0) is 4.79 Å². The number of urea groups is 2. The van der Waals surface area contributed by atoms with Crippen LogP contribution in [0.2, 0.25) is 0 Å². The number of hydrogen-bond donors (Lipinski definition) is 2. The van der Waals surface area contributed by atoms with Crippen molar-refractivity contribution in [3.8, 4) is 12.3 Å². The molecule has 3 saturated heterocycles. The number of nitrogens with one attached hydrogen (secondary N) is 2. The van der Waals surface area contributed by atoms with Crippen LogP contribution in [0.3, 0.4) is 0 Å². The fourth-order valence-corrected chi connectivity index (χ4v) is 4.12. The molecular weight excluding hydrogens is 358 g/mol. The predicted molar refractivity (Wildman–Crippen MR) is 104 cm³/mol. The number of rotatable bonds is 2. The zero-order chi connectivity index (χ0) is 19.9. The van der Waals surface area contributed by atoms with Crippen LogP contribution in [-0.4, -0.2) is 77.5 Å². The van der Waals surface area contributed by atoms with E-state index in [1.165, 1.54) is 4.90 Å². The van der Waals surface area contributed by atoms with Crippen molar-refractivity contribution in [1.82, 2.24) is 20.0 Å². The fourth-order valence-electron chi connectivity index (χ4n) is 4.12. The number of likely N-dealkylation sites (N-methyl/N-ethyl adjacent to an activating group) is 1. The summed E-state index contributed by atoms with van der Waals surface area (Å²) in [4.78, 5) is 43.0. The van der Waals surface area contributed by atoms with Crippen molar-refractivity contribution in [2.45, 2.75) is 24.4 Å². The van der Waals surface area contributed by atoms with E-state index in [9.17, 15) is 14.4 Å². The van der Waals surface area contributed by atoms with Crippen LogP contribution >= 0.6 is 0 Å². The third kappa shape index (κ3) is 3.08. The lowest BCUT2D eigenvalue weighted by molar-refractivity contribution is -0.136. The highest BCUT2D eigenvalue weighted by Gasteiger charge is 2.55. The molecule has 0 atom stereocenters. The van der Waals surface area contributed by atoms with Crippen molar-refractivity contribution in [2.75, 3.05) is 38.5 Å². The summed E-state index contributed by atoms with van der Waals surface area (Å²) < 4.78 is 0. The van der Waals surface area contributed by atoms with E-state index in [2.05, 4.69) is 21.5 Å². The average molecular weight is 381 g/mol. The third-order valence-electron chi connectivity index (χ3n) is 5.79. The molecule has 0 bridgehead atoms. The Hall–Kier alpha value is -3.05. The lowest BCUT2D eigenvalue weighted by Crippen LogP contribution is -2.61. The number of carbonyl (C=O) groups is 3. The first-order valence-electron chi connectivity index (χ1n) is 9.39. The van der Waals surface area contributed by atoms with Crippen molar-refractivity contribution in [3.63, 3.8) is 0 Å². The molecule has 0 saturated carbocycles. The fraction of sp³-hybridized carbons (Fsp3) is 0.450. The van der Waals surface area contributed by atoms with Crippen molar-refractivity contribution < 1.29 is 14.4 Å². The quantitative estimate of drug-likeness (QED) is 0.589. The maximum absolute atomic E-state index is 13.0. The molecule has 3 heterocycles. The number of hydrogen-bond acceptors (Lipinski definition) is 4. The van der Waals surface area contributed by atoms with Gasteiger partial charge in [-0.15, -0.1) is 6.42 Å². The Kier molecular flexibility index (Phi) is 4.47. The largest absolute Gasteiger partial charge is 0.325 e. The van der Waals surface area contributed by atoms with Crippen molar-refractivity contribution >= 4 is 23.7 Å². The molecule has 8 heteroatoms. The molecule has 3 aliphatic rings. The predicted octanol–water partition coefficient (Wildman–Crippen LogP) is 0.900. The first-order valence-corrected chi connectivity index (χ1v) is 9.39. The summed E-state index contributed by atoms with van der Waals surface area (Å²) >= 11 is 0. The summed E-state index contributed by atoms with van der Waals surface area (Å²) in [6.07, 6.45) is 6.21. The number of terminal acetylenes is 1. The number of carbonyl (C=O) groups excluding carboxylic acids is 3. The van der Waals surface area contributed by atoms with E-state index in [0.29, 0.717) is 50.3 Å². The summed E-state index contributed by atoms with van der Waals surface area (Å²) in [5.74, 6) is 2.38. The van der Waals surface area contributed by atoms with E-state index in [0.717, 1.165) is 0 Å². The van der Waals surface area contributed by atoms with E-state index in [-0.39, 0.29) is 24.0 Å². The van der Waals surface area contributed by atoms with Crippen LogP contribution in [0.1, 0.15) is 18.4 Å². The summed E-state index contributed by atoms with van der Waals surface area (Å²) in [7, 11) is 1.96. The normalized spacial score (nSPS) is 22.0. The second-order valence-electron chi connectivity index (χ2n) is 7.70. The molecule has 1 aromatic carbocycles. The zero-order valence-electron chi connectivity index (χ0n) is 15.8. The molecule has 4 rings (SSSR count). The van der Waals surface area contributed by atoms with Gasteiger partial charge in [0, 0.05) is 37.4 Å². The Morgan fingerprint density at radius 3 is 2.64 bits per heavy atom. The van der Waals surface area contributed by atoms with E-state index in [1.807, 2.05) is 7.05 Å². The monoisotopic (exact) mass is 381 g/mol. The van der Waals surface area contributed by atoms with E-state index in [1.54, 1.807) is 29.2 Å². The molecular formula is C20H23N5O3. The van der Waals surface area contributed by atoms with E-state index < -0.39 is 5.54 Å². The Balaban J connectivity index is 1.37. The molecule has 8 nitrogen and oxygen atoms in total. The van der Waals surface area contributed by atoms with Gasteiger partial charge in [-0.2, -0.15) is 0 Å². The van der Waals surface area contributed by atoms with Gasteiger partial charge in [-0.3, -0.25) is 9.69 Å². The number of amides is 5. The lowest BCUT2D eigenvalue weighted by Gasteiger charge is -2.41. The standard InChI is InChI=1S/C20H23N5O3/c1-3-14-5-4-6-15(11-14)21-18(27)24-9-7-20(8-10-24)17(26)25(19(28)22-20)16-12-23(2)13-16/h1,4-6,11,16H,7-10,12-13H2,2H3,(H,21,27)(H,22,28). The SMILES string of the molecule is C#Cc1cccc(NC(=O)N2CCC3(CC2)NC(=O)N(C2CN(C)C2)C3=O)c1. The first kappa shape index (κ1) is 18.3. The van der Waals surface area contributed by atoms with Crippen LogP contribution in [0, 0.1) is 12.3 Å². The minimum absolute atomic E-state index is 0.0540. The van der Waals surface area contributed by atoms with Gasteiger partial charge < -0.3 is 20.4 Å². The average Bonchev–Trinajstić information content (AvgIpc) is 2.89. The lowest BCUT2D eigenvalue weighted by atomic mass is 9.87. The summed E-state index contributed by atoms with van der Waals surface area (Å²) in [6, 6.07) is 6.48. The van der Waals surface area contributed by atoms with Crippen LogP contribution in [0.4, 0.5) is 15.3 Å². The Morgan fingerprint density at radius 1 is 1.29 bits per heavy atom. The van der Waals surface area contributed by atoms with Gasteiger partial charge >= 0.3 is 12.1 Å². The molecule has 1 aromatic rings. The number of nitrogens with zero attached hydrogens (tertiary/aromatic N) is 3. The van der Waals surface area contributed by atoms with Gasteiger partial charge in [0.05, 0.1) is 6.04 Å². The molecule has 2 N–H and O–H groups in total. The molecule has 0 aliphatic carbocycles. The van der Waals surface area contributed by atoms with Gasteiger partial charge in [0.25, 0.3) is 5.91 Å². The van der Waals surface area contributed by atoms with Gasteiger partial charge in [0.15, 0.2) is 0 Å². The van der Waals surface area contributed by atoms with Crippen LogP contribution in [0.15, 0.2) is 24.3 Å². The topological polar surface area (TPSA) is 85.0 Å². The molecule has 3 fully saturated rings.